The molecule has 0 N–H and O–H groups in total. The summed E-state index contributed by atoms with van der Waals surface area (Å²) in [5.74, 6) is -0.344. The molecule has 1 aliphatic heterocycles. The molecule has 154 valence electrons. The van der Waals surface area contributed by atoms with Gasteiger partial charge in [-0.25, -0.2) is 13.4 Å². The lowest BCUT2D eigenvalue weighted by atomic mass is 9.92. The molecule has 4 rings (SSSR count). The first kappa shape index (κ1) is 20.6. The smallest absolute Gasteiger partial charge is 0.274 e. The molecule has 0 spiro atoms. The summed E-state index contributed by atoms with van der Waals surface area (Å²) in [6.45, 7) is 0.994. The van der Waals surface area contributed by atoms with E-state index in [-0.39, 0.29) is 48.0 Å². The van der Waals surface area contributed by atoms with Crippen LogP contribution in [0.25, 0.3) is 0 Å². The van der Waals surface area contributed by atoms with E-state index >= 15 is 0 Å². The summed E-state index contributed by atoms with van der Waals surface area (Å²) in [4.78, 5) is 18.6. The Labute approximate surface area is 180 Å². The number of halogens is 2. The van der Waals surface area contributed by atoms with Crippen molar-refractivity contribution >= 4 is 39.1 Å². The molecule has 0 atom stereocenters. The first-order valence-electron chi connectivity index (χ1n) is 9.59. The van der Waals surface area contributed by atoms with Gasteiger partial charge < -0.3 is 4.90 Å². The van der Waals surface area contributed by atoms with Crippen molar-refractivity contribution in [1.29, 1.82) is 0 Å². The number of nitrogens with zero attached hydrogens (tertiary/aromatic N) is 3. The molecule has 1 saturated heterocycles. The van der Waals surface area contributed by atoms with E-state index in [1.165, 1.54) is 22.0 Å². The fourth-order valence-electron chi connectivity index (χ4n) is 3.87. The quantitative estimate of drug-likeness (QED) is 0.667. The largest absolute Gasteiger partial charge is 0.335 e. The number of amides is 1. The SMILES string of the molecule is O=C(c1nc(Cl)ccc1Cl)N1CCN(S(=O)(=O)c2ccc3c(c2)CCCC3)CC1. The van der Waals surface area contributed by atoms with Crippen molar-refractivity contribution in [3.8, 4) is 0 Å². The summed E-state index contributed by atoms with van der Waals surface area (Å²) in [5, 5.41) is 0.412. The first-order valence-corrected chi connectivity index (χ1v) is 11.8. The van der Waals surface area contributed by atoms with E-state index in [1.54, 1.807) is 11.0 Å². The van der Waals surface area contributed by atoms with Gasteiger partial charge >= 0.3 is 0 Å². The Morgan fingerprint density at radius 1 is 0.931 bits per heavy atom. The number of aryl methyl sites for hydroxylation is 2. The van der Waals surface area contributed by atoms with Gasteiger partial charge in [0.05, 0.1) is 9.92 Å². The zero-order chi connectivity index (χ0) is 20.6. The molecule has 1 fully saturated rings. The highest BCUT2D eigenvalue weighted by atomic mass is 35.5. The van der Waals surface area contributed by atoms with Gasteiger partial charge in [-0.1, -0.05) is 29.3 Å². The molecule has 2 heterocycles. The Morgan fingerprint density at radius 2 is 1.62 bits per heavy atom. The van der Waals surface area contributed by atoms with E-state index in [4.69, 9.17) is 23.2 Å². The lowest BCUT2D eigenvalue weighted by Gasteiger charge is -2.34. The Morgan fingerprint density at radius 3 is 2.34 bits per heavy atom. The van der Waals surface area contributed by atoms with Gasteiger partial charge in [0, 0.05) is 26.2 Å². The molecular weight excluding hydrogens is 433 g/mol. The van der Waals surface area contributed by atoms with Gasteiger partial charge in [0.25, 0.3) is 5.91 Å². The summed E-state index contributed by atoms with van der Waals surface area (Å²) in [7, 11) is -3.59. The van der Waals surface area contributed by atoms with Crippen molar-refractivity contribution in [2.75, 3.05) is 26.2 Å². The molecule has 9 heteroatoms. The van der Waals surface area contributed by atoms with Crippen LogP contribution < -0.4 is 0 Å². The van der Waals surface area contributed by atoms with Gasteiger partial charge in [-0.05, 0) is 61.1 Å². The van der Waals surface area contributed by atoms with Crippen LogP contribution in [0.4, 0.5) is 0 Å². The van der Waals surface area contributed by atoms with Crippen molar-refractivity contribution in [1.82, 2.24) is 14.2 Å². The fraction of sp³-hybridized carbons (Fsp3) is 0.400. The van der Waals surface area contributed by atoms with E-state index < -0.39 is 10.0 Å². The van der Waals surface area contributed by atoms with E-state index in [0.717, 1.165) is 31.2 Å². The Bertz CT molecular complexity index is 1050. The summed E-state index contributed by atoms with van der Waals surface area (Å²) in [6.07, 6.45) is 4.18. The number of hydrogen-bond acceptors (Lipinski definition) is 4. The van der Waals surface area contributed by atoms with E-state index in [0.29, 0.717) is 4.90 Å². The maximum absolute atomic E-state index is 13.1. The molecule has 1 aliphatic carbocycles. The van der Waals surface area contributed by atoms with E-state index in [1.807, 2.05) is 12.1 Å². The third kappa shape index (κ3) is 4.14. The first-order chi connectivity index (χ1) is 13.9. The predicted molar refractivity (Wildman–Crippen MR) is 112 cm³/mol. The molecule has 1 aromatic heterocycles. The molecule has 2 aliphatic rings. The minimum absolute atomic E-state index is 0.0881. The normalized spacial score (nSPS) is 17.8. The minimum atomic E-state index is -3.59. The monoisotopic (exact) mass is 453 g/mol. The number of fused-ring (bicyclic) bond motifs is 1. The number of hydrogen-bond donors (Lipinski definition) is 0. The number of carbonyl (C=O) groups excluding carboxylic acids is 1. The van der Waals surface area contributed by atoms with Crippen LogP contribution >= 0.6 is 23.2 Å². The van der Waals surface area contributed by atoms with Crippen molar-refractivity contribution in [3.63, 3.8) is 0 Å². The summed E-state index contributed by atoms with van der Waals surface area (Å²) in [6, 6.07) is 8.50. The second kappa shape index (κ2) is 8.22. The van der Waals surface area contributed by atoms with Crippen LogP contribution in [0.1, 0.15) is 34.5 Å². The average molecular weight is 454 g/mol. The van der Waals surface area contributed by atoms with Gasteiger partial charge in [-0.15, -0.1) is 0 Å². The standard InChI is InChI=1S/C20H21Cl2N3O3S/c21-17-7-8-18(22)23-19(17)20(26)24-9-11-25(12-10-24)29(27,28)16-6-5-14-3-1-2-4-15(14)13-16/h5-8,13H,1-4,9-12H2. The zero-order valence-corrected chi connectivity index (χ0v) is 18.1. The highest BCUT2D eigenvalue weighted by molar-refractivity contribution is 7.89. The number of aromatic nitrogens is 1. The number of pyridine rings is 1. The summed E-state index contributed by atoms with van der Waals surface area (Å²) < 4.78 is 27.6. The van der Waals surface area contributed by atoms with Crippen molar-refractivity contribution in [2.45, 2.75) is 30.6 Å². The number of sulfonamides is 1. The third-order valence-electron chi connectivity index (χ3n) is 5.50. The number of carbonyl (C=O) groups is 1. The van der Waals surface area contributed by atoms with Crippen LogP contribution in [-0.2, 0) is 22.9 Å². The number of piperazine rings is 1. The van der Waals surface area contributed by atoms with E-state index in [2.05, 4.69) is 4.98 Å². The molecule has 1 aromatic carbocycles. The molecule has 0 saturated carbocycles. The van der Waals surface area contributed by atoms with E-state index in [9.17, 15) is 13.2 Å². The zero-order valence-electron chi connectivity index (χ0n) is 15.8. The van der Waals surface area contributed by atoms with Gasteiger partial charge in [0.15, 0.2) is 0 Å². The van der Waals surface area contributed by atoms with Gasteiger partial charge in [0.1, 0.15) is 10.8 Å². The predicted octanol–water partition coefficient (Wildman–Crippen LogP) is 3.41. The highest BCUT2D eigenvalue weighted by Crippen LogP contribution is 2.26. The van der Waals surface area contributed by atoms with Crippen molar-refractivity contribution in [2.24, 2.45) is 0 Å². The average Bonchev–Trinajstić information content (AvgIpc) is 2.74. The summed E-state index contributed by atoms with van der Waals surface area (Å²) in [5.41, 5.74) is 2.47. The Kier molecular flexibility index (Phi) is 5.84. The van der Waals surface area contributed by atoms with Crippen LogP contribution in [0.15, 0.2) is 35.2 Å². The maximum atomic E-state index is 13.1. The molecule has 1 amide bonds. The van der Waals surface area contributed by atoms with Gasteiger partial charge in [0.2, 0.25) is 10.0 Å². The molecule has 2 aromatic rings. The van der Waals surface area contributed by atoms with Gasteiger partial charge in [-0.3, -0.25) is 4.79 Å². The lowest BCUT2D eigenvalue weighted by molar-refractivity contribution is 0.0692. The molecule has 0 bridgehead atoms. The Balaban J connectivity index is 1.47. The molecule has 0 unspecified atom stereocenters. The minimum Gasteiger partial charge on any atom is -0.335 e. The molecule has 29 heavy (non-hydrogen) atoms. The summed E-state index contributed by atoms with van der Waals surface area (Å²) >= 11 is 11.9. The fourth-order valence-corrected chi connectivity index (χ4v) is 5.68. The third-order valence-corrected chi connectivity index (χ3v) is 7.91. The maximum Gasteiger partial charge on any atom is 0.274 e. The van der Waals surface area contributed by atoms with Crippen LogP contribution in [-0.4, -0.2) is 54.7 Å². The van der Waals surface area contributed by atoms with Gasteiger partial charge in [-0.2, -0.15) is 4.31 Å². The van der Waals surface area contributed by atoms with Crippen molar-refractivity contribution in [3.05, 3.63) is 57.3 Å². The van der Waals surface area contributed by atoms with Crippen LogP contribution in [0.3, 0.4) is 0 Å². The molecule has 0 radical (unpaired) electrons. The second-order valence-electron chi connectivity index (χ2n) is 7.30. The van der Waals surface area contributed by atoms with Crippen LogP contribution in [0, 0.1) is 0 Å². The number of rotatable bonds is 3. The lowest BCUT2D eigenvalue weighted by Crippen LogP contribution is -2.50. The molecular formula is C20H21Cl2N3O3S. The van der Waals surface area contributed by atoms with Crippen LogP contribution in [0.5, 0.6) is 0 Å². The topological polar surface area (TPSA) is 70.6 Å². The molecule has 6 nitrogen and oxygen atoms in total. The highest BCUT2D eigenvalue weighted by Gasteiger charge is 2.32. The Hall–Kier alpha value is -1.67. The second-order valence-corrected chi connectivity index (χ2v) is 10.0. The van der Waals surface area contributed by atoms with Crippen LogP contribution in [0.2, 0.25) is 10.2 Å². The number of benzene rings is 1. The van der Waals surface area contributed by atoms with Crippen molar-refractivity contribution < 1.29 is 13.2 Å².